The lowest BCUT2D eigenvalue weighted by Crippen LogP contribution is -2.40. The van der Waals surface area contributed by atoms with Crippen LogP contribution in [0.3, 0.4) is 0 Å². The number of hydrogen-bond acceptors (Lipinski definition) is 4. The van der Waals surface area contributed by atoms with Gasteiger partial charge in [0, 0.05) is 6.04 Å². The van der Waals surface area contributed by atoms with E-state index in [1.165, 1.54) is 0 Å². The molecule has 1 saturated heterocycles. The lowest BCUT2D eigenvalue weighted by Gasteiger charge is -2.23. The number of rotatable bonds is 5. The van der Waals surface area contributed by atoms with Crippen molar-refractivity contribution in [3.8, 4) is 0 Å². The molecule has 5 nitrogen and oxygen atoms in total. The lowest BCUT2D eigenvalue weighted by atomic mass is 10.1. The van der Waals surface area contributed by atoms with E-state index in [0.717, 1.165) is 31.2 Å². The number of sulfone groups is 1. The van der Waals surface area contributed by atoms with Crippen LogP contribution in [0.2, 0.25) is 0 Å². The first-order valence-corrected chi connectivity index (χ1v) is 10.1. The average molecular weight is 337 g/mol. The number of hydrogen-bond donors (Lipinski definition) is 1. The van der Waals surface area contributed by atoms with Crippen molar-refractivity contribution in [2.45, 2.75) is 50.4 Å². The molecular formula is C17H23NO4S. The smallest absolute Gasteiger partial charge is 0.254 e. The maximum Gasteiger partial charge on any atom is 0.254 e. The van der Waals surface area contributed by atoms with Gasteiger partial charge in [0.15, 0.2) is 15.9 Å². The van der Waals surface area contributed by atoms with E-state index in [2.05, 4.69) is 5.32 Å². The Hall–Kier alpha value is -1.40. The highest BCUT2D eigenvalue weighted by Crippen LogP contribution is 2.28. The predicted molar refractivity (Wildman–Crippen MR) is 87.7 cm³/mol. The molecule has 0 aromatic heterocycles. The molecule has 1 saturated carbocycles. The van der Waals surface area contributed by atoms with Gasteiger partial charge in [-0.2, -0.15) is 0 Å². The van der Waals surface area contributed by atoms with Crippen molar-refractivity contribution in [2.24, 2.45) is 0 Å². The first-order chi connectivity index (χ1) is 11.0. The van der Waals surface area contributed by atoms with Crippen LogP contribution in [0.25, 0.3) is 0 Å². The van der Waals surface area contributed by atoms with Crippen LogP contribution in [0.5, 0.6) is 0 Å². The maximum atomic E-state index is 12.7. The van der Waals surface area contributed by atoms with Gasteiger partial charge in [-0.15, -0.1) is 0 Å². The summed E-state index contributed by atoms with van der Waals surface area (Å²) in [5, 5.41) is 2.86. The Labute approximate surface area is 137 Å². The van der Waals surface area contributed by atoms with Gasteiger partial charge in [-0.25, -0.2) is 8.42 Å². The van der Waals surface area contributed by atoms with Crippen LogP contribution >= 0.6 is 0 Å². The largest absolute Gasteiger partial charge is 0.360 e. The van der Waals surface area contributed by atoms with Crippen molar-refractivity contribution in [3.05, 3.63) is 35.9 Å². The summed E-state index contributed by atoms with van der Waals surface area (Å²) in [5.74, 6) is -0.0496. The minimum Gasteiger partial charge on any atom is -0.360 e. The van der Waals surface area contributed by atoms with Crippen LogP contribution in [-0.2, 0) is 19.4 Å². The van der Waals surface area contributed by atoms with E-state index in [-0.39, 0.29) is 29.6 Å². The second-order valence-corrected chi connectivity index (χ2v) is 8.67. The molecule has 1 heterocycles. The van der Waals surface area contributed by atoms with Gasteiger partial charge in [-0.05, 0) is 24.8 Å². The molecule has 2 atom stereocenters. The highest BCUT2D eigenvalue weighted by atomic mass is 32.2. The second kappa shape index (κ2) is 7.01. The van der Waals surface area contributed by atoms with E-state index in [0.29, 0.717) is 6.42 Å². The Kier molecular flexibility index (Phi) is 5.02. The summed E-state index contributed by atoms with van der Waals surface area (Å²) in [5.41, 5.74) is 0.817. The first-order valence-electron chi connectivity index (χ1n) is 8.25. The molecule has 1 aromatic carbocycles. The second-order valence-electron chi connectivity index (χ2n) is 6.44. The Balaban J connectivity index is 1.70. The Morgan fingerprint density at radius 2 is 1.83 bits per heavy atom. The molecule has 0 radical (unpaired) electrons. The predicted octanol–water partition coefficient (Wildman–Crippen LogP) is 1.99. The third kappa shape index (κ3) is 4.32. The maximum absolute atomic E-state index is 12.7. The summed E-state index contributed by atoms with van der Waals surface area (Å²) in [6.45, 7) is 0. The van der Waals surface area contributed by atoms with Crippen LogP contribution in [0.4, 0.5) is 0 Å². The van der Waals surface area contributed by atoms with Gasteiger partial charge in [0.25, 0.3) is 5.91 Å². The highest BCUT2D eigenvalue weighted by Gasteiger charge is 2.33. The minimum atomic E-state index is -3.01. The highest BCUT2D eigenvalue weighted by molar-refractivity contribution is 7.91. The Bertz CT molecular complexity index is 638. The van der Waals surface area contributed by atoms with E-state index in [9.17, 15) is 13.2 Å². The fourth-order valence-corrected chi connectivity index (χ4v) is 5.00. The van der Waals surface area contributed by atoms with Gasteiger partial charge in [-0.1, -0.05) is 43.2 Å². The van der Waals surface area contributed by atoms with E-state index >= 15 is 0 Å². The third-order valence-electron chi connectivity index (χ3n) is 4.55. The topological polar surface area (TPSA) is 72.5 Å². The fourth-order valence-electron chi connectivity index (χ4n) is 3.32. The summed E-state index contributed by atoms with van der Waals surface area (Å²) in [7, 11) is -3.01. The molecule has 1 aliphatic carbocycles. The van der Waals surface area contributed by atoms with Gasteiger partial charge in [0.2, 0.25) is 0 Å². The SMILES string of the molecule is O=C(N[C@H]1CCS(=O)(=O)C1)[C@H](OC1CCCC1)c1ccccc1. The number of carbonyl (C=O) groups is 1. The van der Waals surface area contributed by atoms with Gasteiger partial charge in [0.05, 0.1) is 17.6 Å². The molecule has 126 valence electrons. The number of carbonyl (C=O) groups excluding carboxylic acids is 1. The average Bonchev–Trinajstić information content (AvgIpc) is 3.15. The van der Waals surface area contributed by atoms with Crippen LogP contribution in [0.15, 0.2) is 30.3 Å². The number of nitrogens with one attached hydrogen (secondary N) is 1. The summed E-state index contributed by atoms with van der Waals surface area (Å²) in [6.07, 6.45) is 4.16. The first kappa shape index (κ1) is 16.5. The quantitative estimate of drug-likeness (QED) is 0.892. The number of ether oxygens (including phenoxy) is 1. The molecular weight excluding hydrogens is 314 g/mol. The van der Waals surface area contributed by atoms with Gasteiger partial charge in [0.1, 0.15) is 0 Å². The standard InChI is InChI=1S/C17H23NO4S/c19-17(18-14-10-11-23(20,21)12-14)16(13-6-2-1-3-7-13)22-15-8-4-5-9-15/h1-3,6-7,14-16H,4-5,8-12H2,(H,18,19)/t14-,16+/m0/s1. The molecule has 3 rings (SSSR count). The summed E-state index contributed by atoms with van der Waals surface area (Å²) in [6, 6.07) is 9.12. The van der Waals surface area contributed by atoms with Crippen molar-refractivity contribution in [1.29, 1.82) is 0 Å². The van der Waals surface area contributed by atoms with E-state index in [1.807, 2.05) is 30.3 Å². The Morgan fingerprint density at radius 3 is 2.43 bits per heavy atom. The number of amides is 1. The monoisotopic (exact) mass is 337 g/mol. The molecule has 23 heavy (non-hydrogen) atoms. The van der Waals surface area contributed by atoms with E-state index in [4.69, 9.17) is 4.74 Å². The van der Waals surface area contributed by atoms with Gasteiger partial charge >= 0.3 is 0 Å². The zero-order valence-electron chi connectivity index (χ0n) is 13.1. The minimum absolute atomic E-state index is 0.0314. The molecule has 1 N–H and O–H groups in total. The van der Waals surface area contributed by atoms with Crippen molar-refractivity contribution < 1.29 is 17.9 Å². The summed E-state index contributed by atoms with van der Waals surface area (Å²) in [4.78, 5) is 12.7. The summed E-state index contributed by atoms with van der Waals surface area (Å²) >= 11 is 0. The fraction of sp³-hybridized carbons (Fsp3) is 0.588. The molecule has 1 amide bonds. The molecule has 2 aliphatic rings. The molecule has 1 aromatic rings. The lowest BCUT2D eigenvalue weighted by molar-refractivity contribution is -0.137. The van der Waals surface area contributed by atoms with Crippen LogP contribution in [0, 0.1) is 0 Å². The van der Waals surface area contributed by atoms with E-state index in [1.54, 1.807) is 0 Å². The molecule has 2 fully saturated rings. The number of benzene rings is 1. The zero-order valence-corrected chi connectivity index (χ0v) is 13.9. The van der Waals surface area contributed by atoms with E-state index < -0.39 is 15.9 Å². The van der Waals surface area contributed by atoms with Crippen LogP contribution in [-0.4, -0.2) is 38.0 Å². The normalized spacial score (nSPS) is 25.3. The zero-order chi connectivity index (χ0) is 16.3. The van der Waals surface area contributed by atoms with Crippen molar-refractivity contribution >= 4 is 15.7 Å². The van der Waals surface area contributed by atoms with Gasteiger partial charge in [-0.3, -0.25) is 4.79 Å². The molecule has 6 heteroatoms. The van der Waals surface area contributed by atoms with Crippen LogP contribution < -0.4 is 5.32 Å². The van der Waals surface area contributed by atoms with Crippen molar-refractivity contribution in [1.82, 2.24) is 5.32 Å². The molecule has 0 spiro atoms. The molecule has 0 bridgehead atoms. The molecule has 0 unspecified atom stereocenters. The Morgan fingerprint density at radius 1 is 1.13 bits per heavy atom. The van der Waals surface area contributed by atoms with Crippen molar-refractivity contribution in [3.63, 3.8) is 0 Å². The van der Waals surface area contributed by atoms with Crippen molar-refractivity contribution in [2.75, 3.05) is 11.5 Å². The van der Waals surface area contributed by atoms with Gasteiger partial charge < -0.3 is 10.1 Å². The van der Waals surface area contributed by atoms with Crippen LogP contribution in [0.1, 0.15) is 43.8 Å². The third-order valence-corrected chi connectivity index (χ3v) is 6.32. The molecule has 1 aliphatic heterocycles. The summed E-state index contributed by atoms with van der Waals surface area (Å²) < 4.78 is 29.2.